The highest BCUT2D eigenvalue weighted by Gasteiger charge is 2.40. The molecule has 0 heterocycles. The highest BCUT2D eigenvalue weighted by Crippen LogP contribution is 2.35. The van der Waals surface area contributed by atoms with Crippen molar-refractivity contribution < 1.29 is 10.0 Å². The Kier molecular flexibility index (Phi) is 4.89. The van der Waals surface area contributed by atoms with Crippen LogP contribution in [0.5, 0.6) is 0 Å². The predicted molar refractivity (Wildman–Crippen MR) is 78.5 cm³/mol. The quantitative estimate of drug-likeness (QED) is 0.313. The van der Waals surface area contributed by atoms with Gasteiger partial charge < -0.3 is 16.3 Å². The molecule has 0 saturated heterocycles. The van der Waals surface area contributed by atoms with Crippen LogP contribution >= 0.6 is 0 Å². The Labute approximate surface area is 121 Å². The van der Waals surface area contributed by atoms with Crippen LogP contribution in [0.4, 0.5) is 0 Å². The maximum Gasteiger partial charge on any atom is 0.221 e. The minimum atomic E-state index is -0.624. The van der Waals surface area contributed by atoms with E-state index >= 15 is 0 Å². The molecule has 20 heavy (non-hydrogen) atoms. The van der Waals surface area contributed by atoms with E-state index in [9.17, 15) is 4.79 Å². The summed E-state index contributed by atoms with van der Waals surface area (Å²) in [5, 5.41) is 15.3. The molecular formula is C15H27N3O2. The lowest BCUT2D eigenvalue weighted by Crippen LogP contribution is -2.59. The lowest BCUT2D eigenvalue weighted by Gasteiger charge is -2.40. The van der Waals surface area contributed by atoms with Gasteiger partial charge in [-0.2, -0.15) is 0 Å². The number of rotatable bonds is 5. The molecule has 2 saturated carbocycles. The SMILES string of the molecule is CCC1CCC(NC(=O)CC2CCC2)(C(N)=NO)CC1. The van der Waals surface area contributed by atoms with Crippen LogP contribution in [0.15, 0.2) is 5.16 Å². The van der Waals surface area contributed by atoms with Gasteiger partial charge in [0.1, 0.15) is 5.54 Å². The molecule has 2 aliphatic carbocycles. The van der Waals surface area contributed by atoms with Gasteiger partial charge in [-0.05, 0) is 50.4 Å². The predicted octanol–water partition coefficient (Wildman–Crippen LogP) is 2.38. The number of nitrogens with two attached hydrogens (primary N) is 1. The highest BCUT2D eigenvalue weighted by atomic mass is 16.4. The summed E-state index contributed by atoms with van der Waals surface area (Å²) in [7, 11) is 0. The largest absolute Gasteiger partial charge is 0.409 e. The van der Waals surface area contributed by atoms with Crippen molar-refractivity contribution in [2.45, 2.75) is 70.3 Å². The van der Waals surface area contributed by atoms with Crippen molar-refractivity contribution in [3.05, 3.63) is 0 Å². The van der Waals surface area contributed by atoms with Crippen LogP contribution in [0.2, 0.25) is 0 Å². The summed E-state index contributed by atoms with van der Waals surface area (Å²) < 4.78 is 0. The van der Waals surface area contributed by atoms with E-state index in [1.54, 1.807) is 0 Å². The lowest BCUT2D eigenvalue weighted by atomic mass is 9.74. The zero-order chi connectivity index (χ0) is 14.6. The summed E-state index contributed by atoms with van der Waals surface area (Å²) in [6.45, 7) is 2.19. The van der Waals surface area contributed by atoms with E-state index in [0.717, 1.165) is 44.9 Å². The fourth-order valence-electron chi connectivity index (χ4n) is 3.40. The second-order valence-electron chi connectivity index (χ2n) is 6.47. The molecule has 0 radical (unpaired) electrons. The van der Waals surface area contributed by atoms with Crippen LogP contribution < -0.4 is 11.1 Å². The second-order valence-corrected chi connectivity index (χ2v) is 6.47. The minimum Gasteiger partial charge on any atom is -0.409 e. The molecule has 2 aliphatic rings. The van der Waals surface area contributed by atoms with E-state index in [2.05, 4.69) is 17.4 Å². The Morgan fingerprint density at radius 1 is 1.30 bits per heavy atom. The Morgan fingerprint density at radius 2 is 1.95 bits per heavy atom. The number of nitrogens with zero attached hydrogens (tertiary/aromatic N) is 1. The number of amidine groups is 1. The smallest absolute Gasteiger partial charge is 0.221 e. The van der Waals surface area contributed by atoms with Gasteiger partial charge >= 0.3 is 0 Å². The van der Waals surface area contributed by atoms with E-state index in [-0.39, 0.29) is 11.7 Å². The van der Waals surface area contributed by atoms with Crippen molar-refractivity contribution in [2.24, 2.45) is 22.7 Å². The molecule has 0 unspecified atom stereocenters. The van der Waals surface area contributed by atoms with Crippen LogP contribution in [0.3, 0.4) is 0 Å². The number of carbonyl (C=O) groups excluding carboxylic acids is 1. The van der Waals surface area contributed by atoms with Gasteiger partial charge in [0.25, 0.3) is 0 Å². The number of hydrogen-bond donors (Lipinski definition) is 3. The molecule has 0 atom stereocenters. The summed E-state index contributed by atoms with van der Waals surface area (Å²) in [6.07, 6.45) is 8.88. The van der Waals surface area contributed by atoms with Gasteiger partial charge in [-0.3, -0.25) is 4.79 Å². The highest BCUT2D eigenvalue weighted by molar-refractivity contribution is 5.94. The maximum absolute atomic E-state index is 12.2. The van der Waals surface area contributed by atoms with Crippen molar-refractivity contribution in [3.8, 4) is 0 Å². The Balaban J connectivity index is 1.98. The monoisotopic (exact) mass is 281 g/mol. The van der Waals surface area contributed by atoms with Crippen molar-refractivity contribution in [1.82, 2.24) is 5.32 Å². The third-order valence-electron chi connectivity index (χ3n) is 5.21. The molecule has 0 bridgehead atoms. The van der Waals surface area contributed by atoms with Gasteiger partial charge in [0.15, 0.2) is 5.84 Å². The zero-order valence-electron chi connectivity index (χ0n) is 12.4. The van der Waals surface area contributed by atoms with Crippen molar-refractivity contribution in [2.75, 3.05) is 0 Å². The molecule has 4 N–H and O–H groups in total. The Morgan fingerprint density at radius 3 is 2.40 bits per heavy atom. The van der Waals surface area contributed by atoms with Gasteiger partial charge in [0.05, 0.1) is 0 Å². The molecule has 0 aromatic carbocycles. The molecule has 2 fully saturated rings. The topological polar surface area (TPSA) is 87.7 Å². The third kappa shape index (κ3) is 3.25. The van der Waals surface area contributed by atoms with E-state index in [1.807, 2.05) is 0 Å². The Hall–Kier alpha value is -1.26. The maximum atomic E-state index is 12.2. The van der Waals surface area contributed by atoms with Gasteiger partial charge in [-0.25, -0.2) is 0 Å². The number of carbonyl (C=O) groups is 1. The molecule has 0 spiro atoms. The number of nitrogens with one attached hydrogen (secondary N) is 1. The first-order chi connectivity index (χ1) is 9.59. The molecule has 0 aliphatic heterocycles. The first-order valence-electron chi connectivity index (χ1n) is 7.88. The lowest BCUT2D eigenvalue weighted by molar-refractivity contribution is -0.124. The molecule has 5 nitrogen and oxygen atoms in total. The summed E-state index contributed by atoms with van der Waals surface area (Å²) in [5.41, 5.74) is 5.26. The van der Waals surface area contributed by atoms with E-state index in [1.165, 1.54) is 6.42 Å². The summed E-state index contributed by atoms with van der Waals surface area (Å²) in [4.78, 5) is 12.2. The van der Waals surface area contributed by atoms with Crippen molar-refractivity contribution >= 4 is 11.7 Å². The van der Waals surface area contributed by atoms with Gasteiger partial charge in [-0.1, -0.05) is 24.9 Å². The molecule has 1 amide bonds. The van der Waals surface area contributed by atoms with Gasteiger partial charge in [-0.15, -0.1) is 0 Å². The fourth-order valence-corrected chi connectivity index (χ4v) is 3.40. The number of amides is 1. The summed E-state index contributed by atoms with van der Waals surface area (Å²) >= 11 is 0. The first kappa shape index (κ1) is 15.1. The van der Waals surface area contributed by atoms with E-state index in [0.29, 0.717) is 18.3 Å². The van der Waals surface area contributed by atoms with Crippen LogP contribution in [0.25, 0.3) is 0 Å². The molecule has 0 aromatic rings. The molecule has 0 aromatic heterocycles. The van der Waals surface area contributed by atoms with Crippen molar-refractivity contribution in [3.63, 3.8) is 0 Å². The first-order valence-corrected chi connectivity index (χ1v) is 7.88. The summed E-state index contributed by atoms with van der Waals surface area (Å²) in [5.74, 6) is 1.44. The van der Waals surface area contributed by atoms with Gasteiger partial charge in [0, 0.05) is 6.42 Å². The fraction of sp³-hybridized carbons (Fsp3) is 0.867. The molecule has 2 rings (SSSR count). The van der Waals surface area contributed by atoms with E-state index in [4.69, 9.17) is 10.9 Å². The number of hydrogen-bond acceptors (Lipinski definition) is 3. The average Bonchev–Trinajstić information content (AvgIpc) is 2.42. The van der Waals surface area contributed by atoms with Crippen LogP contribution in [0.1, 0.15) is 64.7 Å². The van der Waals surface area contributed by atoms with Crippen LogP contribution in [-0.2, 0) is 4.79 Å². The minimum absolute atomic E-state index is 0.0521. The summed E-state index contributed by atoms with van der Waals surface area (Å²) in [6, 6.07) is 0. The molecule has 114 valence electrons. The Bertz CT molecular complexity index is 369. The zero-order valence-corrected chi connectivity index (χ0v) is 12.4. The molecular weight excluding hydrogens is 254 g/mol. The number of oxime groups is 1. The van der Waals surface area contributed by atoms with E-state index < -0.39 is 5.54 Å². The third-order valence-corrected chi connectivity index (χ3v) is 5.21. The van der Waals surface area contributed by atoms with Crippen molar-refractivity contribution in [1.29, 1.82) is 0 Å². The van der Waals surface area contributed by atoms with Crippen LogP contribution in [0, 0.1) is 11.8 Å². The van der Waals surface area contributed by atoms with Crippen LogP contribution in [-0.4, -0.2) is 22.5 Å². The second kappa shape index (κ2) is 6.46. The normalized spacial score (nSPS) is 31.6. The van der Waals surface area contributed by atoms with Gasteiger partial charge in [0.2, 0.25) is 5.91 Å². The molecule has 5 heteroatoms. The standard InChI is InChI=1S/C15H27N3O2/c1-2-11-6-8-15(9-7-11,14(16)18-20)17-13(19)10-12-4-3-5-12/h11-12,20H,2-10H2,1H3,(H2,16,18)(H,17,19). The average molecular weight is 281 g/mol.